The van der Waals surface area contributed by atoms with Crippen LogP contribution in [0.2, 0.25) is 0 Å². The van der Waals surface area contributed by atoms with E-state index >= 15 is 0 Å². The smallest absolute Gasteiger partial charge is 0.335 e. The Morgan fingerprint density at radius 1 is 1.21 bits per heavy atom. The van der Waals surface area contributed by atoms with E-state index in [1.807, 2.05) is 0 Å². The standard InChI is InChI=1S/C21H22N2O6/c1-12(18(24)22-14-7-5-6-8-16(14)28-4)23-15-10-9-13(19(25)26)11-17(15)29-21(2,3)20(23)27/h5-12H,1-4H3,(H,22,24)(H,25,26). The lowest BCUT2D eigenvalue weighted by molar-refractivity contribution is -0.134. The van der Waals surface area contributed by atoms with E-state index in [-0.39, 0.29) is 11.3 Å². The summed E-state index contributed by atoms with van der Waals surface area (Å²) >= 11 is 0. The van der Waals surface area contributed by atoms with Gasteiger partial charge in [0, 0.05) is 0 Å². The molecule has 1 aliphatic rings. The van der Waals surface area contributed by atoms with E-state index in [9.17, 15) is 19.5 Å². The highest BCUT2D eigenvalue weighted by Crippen LogP contribution is 2.39. The van der Waals surface area contributed by atoms with Crippen LogP contribution < -0.4 is 19.7 Å². The second kappa shape index (κ2) is 7.46. The number of para-hydroxylation sites is 2. The van der Waals surface area contributed by atoms with Crippen LogP contribution in [-0.2, 0) is 9.59 Å². The summed E-state index contributed by atoms with van der Waals surface area (Å²) in [5.41, 5.74) is -0.418. The Morgan fingerprint density at radius 3 is 2.55 bits per heavy atom. The van der Waals surface area contributed by atoms with Crippen LogP contribution in [0, 0.1) is 0 Å². The molecule has 0 saturated heterocycles. The van der Waals surface area contributed by atoms with Crippen LogP contribution >= 0.6 is 0 Å². The van der Waals surface area contributed by atoms with Gasteiger partial charge in [-0.15, -0.1) is 0 Å². The van der Waals surface area contributed by atoms with Crippen LogP contribution in [0.25, 0.3) is 0 Å². The van der Waals surface area contributed by atoms with Crippen molar-refractivity contribution in [1.29, 1.82) is 0 Å². The van der Waals surface area contributed by atoms with Crippen LogP contribution in [0.1, 0.15) is 31.1 Å². The van der Waals surface area contributed by atoms with E-state index in [0.29, 0.717) is 17.1 Å². The van der Waals surface area contributed by atoms with E-state index in [4.69, 9.17) is 9.47 Å². The molecular formula is C21H22N2O6. The first-order chi connectivity index (χ1) is 13.7. The molecule has 0 spiro atoms. The molecule has 0 fully saturated rings. The van der Waals surface area contributed by atoms with Gasteiger partial charge in [0.25, 0.3) is 5.91 Å². The molecule has 0 bridgehead atoms. The molecule has 2 aromatic carbocycles. The van der Waals surface area contributed by atoms with Gasteiger partial charge in [0.15, 0.2) is 5.60 Å². The zero-order valence-electron chi connectivity index (χ0n) is 16.6. The second-order valence-electron chi connectivity index (χ2n) is 7.14. The molecule has 152 valence electrons. The normalized spacial score (nSPS) is 15.7. The number of ether oxygens (including phenoxy) is 2. The number of benzene rings is 2. The van der Waals surface area contributed by atoms with Crippen molar-refractivity contribution in [3.05, 3.63) is 48.0 Å². The number of anilines is 2. The Bertz CT molecular complexity index is 985. The fraction of sp³-hybridized carbons (Fsp3) is 0.286. The summed E-state index contributed by atoms with van der Waals surface area (Å²) in [6.45, 7) is 4.74. The molecule has 1 aliphatic heterocycles. The number of hydrogen-bond donors (Lipinski definition) is 2. The number of methoxy groups -OCH3 is 1. The largest absolute Gasteiger partial charge is 0.495 e. The lowest BCUT2D eigenvalue weighted by atomic mass is 10.0. The van der Waals surface area contributed by atoms with Crippen LogP contribution in [0.5, 0.6) is 11.5 Å². The predicted molar refractivity (Wildman–Crippen MR) is 107 cm³/mol. The molecule has 0 aromatic heterocycles. The molecule has 2 aromatic rings. The summed E-state index contributed by atoms with van der Waals surface area (Å²) in [4.78, 5) is 38.6. The van der Waals surface area contributed by atoms with Crippen LogP contribution in [0.15, 0.2) is 42.5 Å². The summed E-state index contributed by atoms with van der Waals surface area (Å²) in [6, 6.07) is 10.3. The molecule has 2 amide bonds. The van der Waals surface area contributed by atoms with Gasteiger partial charge in [-0.3, -0.25) is 14.5 Å². The Labute approximate surface area is 168 Å². The number of fused-ring (bicyclic) bond motifs is 1. The van der Waals surface area contributed by atoms with Gasteiger partial charge in [0.2, 0.25) is 5.91 Å². The van der Waals surface area contributed by atoms with Crippen molar-refractivity contribution in [2.24, 2.45) is 0 Å². The first-order valence-electron chi connectivity index (χ1n) is 8.99. The minimum Gasteiger partial charge on any atom is -0.495 e. The third-order valence-electron chi connectivity index (χ3n) is 4.70. The highest BCUT2D eigenvalue weighted by Gasteiger charge is 2.44. The lowest BCUT2D eigenvalue weighted by Gasteiger charge is -2.41. The van der Waals surface area contributed by atoms with Gasteiger partial charge < -0.3 is 19.9 Å². The summed E-state index contributed by atoms with van der Waals surface area (Å²) < 4.78 is 11.0. The molecule has 1 atom stereocenters. The third-order valence-corrected chi connectivity index (χ3v) is 4.70. The first-order valence-corrected chi connectivity index (χ1v) is 8.99. The number of carbonyl (C=O) groups excluding carboxylic acids is 2. The summed E-state index contributed by atoms with van der Waals surface area (Å²) in [7, 11) is 1.50. The van der Waals surface area contributed by atoms with Gasteiger partial charge in [-0.1, -0.05) is 12.1 Å². The maximum atomic E-state index is 13.0. The third kappa shape index (κ3) is 3.73. The minimum absolute atomic E-state index is 0.0278. The van der Waals surface area contributed by atoms with E-state index in [0.717, 1.165) is 0 Å². The Kier molecular flexibility index (Phi) is 5.19. The highest BCUT2D eigenvalue weighted by molar-refractivity contribution is 6.10. The monoisotopic (exact) mass is 398 g/mol. The molecule has 0 saturated carbocycles. The van der Waals surface area contributed by atoms with E-state index in [2.05, 4.69) is 5.32 Å². The van der Waals surface area contributed by atoms with Crippen molar-refractivity contribution in [2.75, 3.05) is 17.3 Å². The quantitative estimate of drug-likeness (QED) is 0.802. The Morgan fingerprint density at radius 2 is 1.90 bits per heavy atom. The summed E-state index contributed by atoms with van der Waals surface area (Å²) in [5, 5.41) is 12.0. The molecule has 8 heteroatoms. The summed E-state index contributed by atoms with van der Waals surface area (Å²) in [6.07, 6.45) is 0. The van der Waals surface area contributed by atoms with Gasteiger partial charge in [-0.2, -0.15) is 0 Å². The van der Waals surface area contributed by atoms with Gasteiger partial charge in [-0.25, -0.2) is 4.79 Å². The molecule has 1 heterocycles. The van der Waals surface area contributed by atoms with Crippen molar-refractivity contribution < 1.29 is 29.0 Å². The lowest BCUT2D eigenvalue weighted by Crippen LogP contribution is -2.57. The van der Waals surface area contributed by atoms with Crippen LogP contribution in [-0.4, -0.2) is 41.6 Å². The number of rotatable bonds is 5. The topological polar surface area (TPSA) is 105 Å². The maximum absolute atomic E-state index is 13.0. The SMILES string of the molecule is COc1ccccc1NC(=O)C(C)N1C(=O)C(C)(C)Oc2cc(C(=O)O)ccc21. The molecule has 1 unspecified atom stereocenters. The number of aromatic carboxylic acids is 1. The van der Waals surface area contributed by atoms with Crippen molar-refractivity contribution in [1.82, 2.24) is 0 Å². The number of carboxylic acid groups (broad SMARTS) is 1. The Balaban J connectivity index is 1.97. The molecular weight excluding hydrogens is 376 g/mol. The predicted octanol–water partition coefficient (Wildman–Crippen LogP) is 2.92. The zero-order chi connectivity index (χ0) is 21.3. The Hall–Kier alpha value is -3.55. The number of nitrogens with zero attached hydrogens (tertiary/aromatic N) is 1. The van der Waals surface area contributed by atoms with Gasteiger partial charge in [0.1, 0.15) is 17.5 Å². The molecule has 29 heavy (non-hydrogen) atoms. The van der Waals surface area contributed by atoms with Crippen LogP contribution in [0.4, 0.5) is 11.4 Å². The first kappa shape index (κ1) is 20.2. The van der Waals surface area contributed by atoms with E-state index < -0.39 is 29.4 Å². The molecule has 8 nitrogen and oxygen atoms in total. The maximum Gasteiger partial charge on any atom is 0.335 e. The average Bonchev–Trinajstić information content (AvgIpc) is 2.68. The second-order valence-corrected chi connectivity index (χ2v) is 7.14. The minimum atomic E-state index is -1.26. The molecule has 3 rings (SSSR count). The number of carbonyl (C=O) groups is 3. The zero-order valence-corrected chi connectivity index (χ0v) is 16.6. The fourth-order valence-electron chi connectivity index (χ4n) is 3.13. The van der Waals surface area contributed by atoms with Gasteiger partial charge in [0.05, 0.1) is 24.0 Å². The van der Waals surface area contributed by atoms with Crippen molar-refractivity contribution in [2.45, 2.75) is 32.4 Å². The highest BCUT2D eigenvalue weighted by atomic mass is 16.5. The molecule has 0 radical (unpaired) electrons. The molecule has 0 aliphatic carbocycles. The number of nitrogens with one attached hydrogen (secondary N) is 1. The average molecular weight is 398 g/mol. The summed E-state index contributed by atoms with van der Waals surface area (Å²) in [5.74, 6) is -1.22. The van der Waals surface area contributed by atoms with Gasteiger partial charge >= 0.3 is 5.97 Å². The van der Waals surface area contributed by atoms with Crippen molar-refractivity contribution in [3.8, 4) is 11.5 Å². The van der Waals surface area contributed by atoms with E-state index in [1.54, 1.807) is 45.0 Å². The van der Waals surface area contributed by atoms with Crippen molar-refractivity contribution in [3.63, 3.8) is 0 Å². The van der Waals surface area contributed by atoms with E-state index in [1.165, 1.54) is 30.2 Å². The van der Waals surface area contributed by atoms with Gasteiger partial charge in [-0.05, 0) is 51.1 Å². The fourth-order valence-corrected chi connectivity index (χ4v) is 3.13. The number of amides is 2. The number of carboxylic acids is 1. The number of hydrogen-bond acceptors (Lipinski definition) is 5. The van der Waals surface area contributed by atoms with Crippen LogP contribution in [0.3, 0.4) is 0 Å². The van der Waals surface area contributed by atoms with Crippen molar-refractivity contribution >= 4 is 29.2 Å². The molecule has 2 N–H and O–H groups in total.